The number of halogens is 2. The molecule has 2 aromatic heterocycles. The number of fused-ring (bicyclic) bond motifs is 8. The zero-order valence-corrected chi connectivity index (χ0v) is 26.9. The number of benzene rings is 1. The number of pyridine rings is 1. The van der Waals surface area contributed by atoms with Gasteiger partial charge in [0.05, 0.1) is 29.0 Å². The average molecular weight is 655 g/mol. The fourth-order valence-corrected chi connectivity index (χ4v) is 9.06. The maximum atomic E-state index is 16.0. The normalized spacial score (nSPS) is 28.3. The minimum absolute atomic E-state index is 0.00363. The molecule has 1 N–H and O–H groups in total. The molecule has 5 aliphatic heterocycles. The van der Waals surface area contributed by atoms with Crippen LogP contribution in [-0.4, -0.2) is 78.0 Å². The molecule has 0 radical (unpaired) electrons. The van der Waals surface area contributed by atoms with Gasteiger partial charge in [-0.25, -0.2) is 27.2 Å². The van der Waals surface area contributed by atoms with Crippen LogP contribution in [0, 0.1) is 5.92 Å². The number of nitrogens with zero attached hydrogens (tertiary/aromatic N) is 5. The molecule has 7 heterocycles. The summed E-state index contributed by atoms with van der Waals surface area (Å²) in [5.41, 5.74) is 1.03. The smallest absolute Gasteiger partial charge is 0.276 e. The molecule has 5 aliphatic rings. The maximum absolute atomic E-state index is 16.0. The molecule has 0 saturated carbocycles. The highest BCUT2D eigenvalue weighted by Crippen LogP contribution is 2.49. The van der Waals surface area contributed by atoms with Gasteiger partial charge >= 0.3 is 0 Å². The lowest BCUT2D eigenvalue weighted by Crippen LogP contribution is -2.44. The molecule has 0 spiro atoms. The zero-order valence-electron chi connectivity index (χ0n) is 26.1. The Bertz CT molecular complexity index is 1830. The van der Waals surface area contributed by atoms with Gasteiger partial charge in [0, 0.05) is 36.7 Å². The highest BCUT2D eigenvalue weighted by Gasteiger charge is 2.52. The topological polar surface area (TPSA) is 117 Å². The summed E-state index contributed by atoms with van der Waals surface area (Å²) in [5, 5.41) is 3.62. The van der Waals surface area contributed by atoms with Crippen molar-refractivity contribution >= 4 is 32.6 Å². The van der Waals surface area contributed by atoms with Crippen LogP contribution in [0.1, 0.15) is 68.1 Å². The Morgan fingerprint density at radius 3 is 2.46 bits per heavy atom. The molecule has 3 fully saturated rings. The predicted octanol–water partition coefficient (Wildman–Crippen LogP) is 3.53. The van der Waals surface area contributed by atoms with Gasteiger partial charge in [-0.2, -0.15) is 0 Å². The number of nitrogens with one attached hydrogen (secondary N) is 1. The summed E-state index contributed by atoms with van der Waals surface area (Å²) in [6, 6.07) is 8.53. The average Bonchev–Trinajstić information content (AvgIpc) is 3.73. The molecule has 1 atom stereocenters. The van der Waals surface area contributed by atoms with Crippen molar-refractivity contribution in [3.63, 3.8) is 0 Å². The molecule has 8 bridgehead atoms. The minimum atomic E-state index is -3.13. The summed E-state index contributed by atoms with van der Waals surface area (Å²) >= 11 is 0. The van der Waals surface area contributed by atoms with E-state index in [4.69, 9.17) is 0 Å². The zero-order chi connectivity index (χ0) is 32.3. The summed E-state index contributed by atoms with van der Waals surface area (Å²) in [6.07, 6.45) is 4.06. The van der Waals surface area contributed by atoms with E-state index in [0.717, 1.165) is 5.56 Å². The van der Waals surface area contributed by atoms with E-state index in [2.05, 4.69) is 20.2 Å². The van der Waals surface area contributed by atoms with Crippen LogP contribution in [0.2, 0.25) is 0 Å². The largest absolute Gasteiger partial charge is 0.355 e. The van der Waals surface area contributed by atoms with E-state index in [-0.39, 0.29) is 41.0 Å². The quantitative estimate of drug-likeness (QED) is 0.397. The van der Waals surface area contributed by atoms with Gasteiger partial charge < -0.3 is 10.2 Å². The summed E-state index contributed by atoms with van der Waals surface area (Å²) in [7, 11) is -3.13. The van der Waals surface area contributed by atoms with E-state index in [1.807, 2.05) is 24.0 Å². The molecule has 3 aromatic rings. The number of hydrogen-bond donors (Lipinski definition) is 1. The third-order valence-electron chi connectivity index (χ3n) is 10.6. The van der Waals surface area contributed by atoms with Crippen LogP contribution in [0.4, 0.5) is 14.6 Å². The van der Waals surface area contributed by atoms with Gasteiger partial charge in [0.25, 0.3) is 11.5 Å². The molecule has 0 unspecified atom stereocenters. The van der Waals surface area contributed by atoms with Crippen molar-refractivity contribution in [1.82, 2.24) is 24.8 Å². The van der Waals surface area contributed by atoms with Gasteiger partial charge in [-0.15, -0.1) is 0 Å². The molecular formula is C33H40F2N6O4S. The second-order valence-electron chi connectivity index (χ2n) is 13.6. The van der Waals surface area contributed by atoms with Crippen molar-refractivity contribution in [1.29, 1.82) is 0 Å². The number of sulfone groups is 1. The SMILES string of the molecule is C[C@]12CN1c1ncnc3c1cc(C1CCS(=O)(=O)CC1)c(=O)n3CCCCNC(=O)CN1CCC(CC1)C(F)(F)c1cccc2c1. The summed E-state index contributed by atoms with van der Waals surface area (Å²) in [5.74, 6) is -3.48. The fraction of sp³-hybridized carbons (Fsp3) is 0.576. The van der Waals surface area contributed by atoms with E-state index >= 15 is 8.78 Å². The van der Waals surface area contributed by atoms with Crippen molar-refractivity contribution in [3.8, 4) is 0 Å². The molecule has 3 saturated heterocycles. The number of carbonyl (C=O) groups is 1. The highest BCUT2D eigenvalue weighted by molar-refractivity contribution is 7.91. The number of carbonyl (C=O) groups excluding carboxylic acids is 1. The van der Waals surface area contributed by atoms with Crippen LogP contribution in [-0.2, 0) is 32.6 Å². The first-order valence-corrected chi connectivity index (χ1v) is 18.1. The van der Waals surface area contributed by atoms with Gasteiger partial charge in [-0.05, 0) is 82.2 Å². The first-order chi connectivity index (χ1) is 22.0. The van der Waals surface area contributed by atoms with Crippen molar-refractivity contribution in [2.24, 2.45) is 5.92 Å². The number of amides is 1. The van der Waals surface area contributed by atoms with Crippen molar-refractivity contribution < 1.29 is 22.0 Å². The Kier molecular flexibility index (Phi) is 7.90. The molecule has 13 heteroatoms. The fourth-order valence-electron chi connectivity index (χ4n) is 7.57. The van der Waals surface area contributed by atoms with Crippen LogP contribution in [0.15, 0.2) is 41.5 Å². The first kappa shape index (κ1) is 31.2. The molecule has 246 valence electrons. The first-order valence-electron chi connectivity index (χ1n) is 16.3. The van der Waals surface area contributed by atoms with Gasteiger partial charge in [0.15, 0.2) is 0 Å². The Labute approximate surface area is 267 Å². The second-order valence-corrected chi connectivity index (χ2v) is 15.9. The molecule has 1 amide bonds. The number of hydrogen-bond acceptors (Lipinski definition) is 8. The Hall–Kier alpha value is -3.45. The highest BCUT2D eigenvalue weighted by atomic mass is 32.2. The Balaban J connectivity index is 1.30. The molecule has 10 nitrogen and oxygen atoms in total. The monoisotopic (exact) mass is 654 g/mol. The molecular weight excluding hydrogens is 614 g/mol. The van der Waals surface area contributed by atoms with Gasteiger partial charge in [-0.1, -0.05) is 18.2 Å². The Morgan fingerprint density at radius 1 is 0.957 bits per heavy atom. The number of alkyl halides is 2. The van der Waals surface area contributed by atoms with Gasteiger partial charge in [0.2, 0.25) is 5.91 Å². The third-order valence-corrected chi connectivity index (χ3v) is 12.3. The lowest BCUT2D eigenvalue weighted by Gasteiger charge is -2.36. The summed E-state index contributed by atoms with van der Waals surface area (Å²) in [4.78, 5) is 39.8. The van der Waals surface area contributed by atoms with Crippen molar-refractivity contribution in [2.75, 3.05) is 49.1 Å². The van der Waals surface area contributed by atoms with Gasteiger partial charge in [0.1, 0.15) is 27.6 Å². The lowest BCUT2D eigenvalue weighted by atomic mass is 9.85. The van der Waals surface area contributed by atoms with Crippen molar-refractivity contribution in [2.45, 2.75) is 69.4 Å². The molecule has 0 aliphatic carbocycles. The van der Waals surface area contributed by atoms with E-state index in [1.54, 1.807) is 16.7 Å². The van der Waals surface area contributed by atoms with E-state index < -0.39 is 27.2 Å². The van der Waals surface area contributed by atoms with Crippen LogP contribution in [0.3, 0.4) is 0 Å². The number of aromatic nitrogens is 3. The minimum Gasteiger partial charge on any atom is -0.355 e. The number of aryl methyl sites for hydroxylation is 1. The van der Waals surface area contributed by atoms with Crippen LogP contribution in [0.25, 0.3) is 11.0 Å². The molecule has 46 heavy (non-hydrogen) atoms. The van der Waals surface area contributed by atoms with E-state index in [9.17, 15) is 18.0 Å². The number of rotatable bonds is 1. The third kappa shape index (κ3) is 5.69. The van der Waals surface area contributed by atoms with E-state index in [0.29, 0.717) is 93.7 Å². The maximum Gasteiger partial charge on any atom is 0.276 e. The molecule has 8 rings (SSSR count). The molecule has 1 aromatic carbocycles. The van der Waals surface area contributed by atoms with Crippen LogP contribution in [0.5, 0.6) is 0 Å². The van der Waals surface area contributed by atoms with Crippen LogP contribution < -0.4 is 15.8 Å². The Morgan fingerprint density at radius 2 is 1.70 bits per heavy atom. The summed E-state index contributed by atoms with van der Waals surface area (Å²) in [6.45, 7) is 4.43. The summed E-state index contributed by atoms with van der Waals surface area (Å²) < 4.78 is 58.0. The predicted molar refractivity (Wildman–Crippen MR) is 171 cm³/mol. The lowest BCUT2D eigenvalue weighted by molar-refractivity contribution is -0.123. The second kappa shape index (κ2) is 11.7. The van der Waals surface area contributed by atoms with Crippen LogP contribution >= 0.6 is 0 Å². The van der Waals surface area contributed by atoms with Gasteiger partial charge in [-0.3, -0.25) is 19.1 Å². The standard InChI is InChI=1S/C33H40F2N6O4S/c1-32-20-41(32)30-27-18-26(22-9-15-46(44,45)16-10-22)31(43)40(29(27)37-21-38-30)12-3-2-11-36-28(42)19-39-13-7-23(8-14-39)33(34,35)25-6-4-5-24(32)17-25/h4-6,17-18,21-23H,2-3,7-16,19-20H2,1H3,(H,36,42)/t32-,41?/m1/s1. The number of anilines is 1. The van der Waals surface area contributed by atoms with Crippen molar-refractivity contribution in [3.05, 3.63) is 63.7 Å². The van der Waals surface area contributed by atoms with E-state index in [1.165, 1.54) is 12.4 Å². The number of piperidine rings is 1.